The van der Waals surface area contributed by atoms with Crippen molar-refractivity contribution in [3.8, 4) is 0 Å². The van der Waals surface area contributed by atoms with E-state index in [1.54, 1.807) is 10.9 Å². The largest absolute Gasteiger partial charge is 0.299 e. The Morgan fingerprint density at radius 2 is 2.00 bits per heavy atom. The van der Waals surface area contributed by atoms with Gasteiger partial charge in [-0.3, -0.25) is 9.36 Å². The highest BCUT2D eigenvalue weighted by Gasteiger charge is 2.02. The molecule has 0 saturated heterocycles. The lowest BCUT2D eigenvalue weighted by Gasteiger charge is -2.05. The number of fused-ring (bicyclic) bond motifs is 1. The number of para-hydroxylation sites is 1. The van der Waals surface area contributed by atoms with Gasteiger partial charge in [-0.1, -0.05) is 41.1 Å². The Morgan fingerprint density at radius 1 is 1.18 bits per heavy atom. The minimum atomic E-state index is 0.0741. The maximum absolute atomic E-state index is 12.1. The Bertz CT molecular complexity index is 550. The molecule has 0 atom stereocenters. The van der Waals surface area contributed by atoms with Gasteiger partial charge in [-0.15, -0.1) is 0 Å². The van der Waals surface area contributed by atoms with Crippen molar-refractivity contribution in [3.63, 3.8) is 0 Å². The predicted octanol–water partition coefficient (Wildman–Crippen LogP) is 3.00. The van der Waals surface area contributed by atoms with Crippen molar-refractivity contribution in [2.75, 3.05) is 4.43 Å². The van der Waals surface area contributed by atoms with Crippen molar-refractivity contribution in [1.82, 2.24) is 9.55 Å². The van der Waals surface area contributed by atoms with Gasteiger partial charge in [-0.2, -0.15) is 0 Å². The fourth-order valence-corrected chi connectivity index (χ4v) is 2.36. The van der Waals surface area contributed by atoms with Gasteiger partial charge in [0, 0.05) is 6.54 Å². The quantitative estimate of drug-likeness (QED) is 0.476. The maximum atomic E-state index is 12.1. The third-order valence-electron chi connectivity index (χ3n) is 2.76. The van der Waals surface area contributed by atoms with Crippen LogP contribution >= 0.6 is 22.6 Å². The minimum Gasteiger partial charge on any atom is -0.299 e. The first-order valence-corrected chi connectivity index (χ1v) is 7.35. The third-order valence-corrected chi connectivity index (χ3v) is 3.53. The molecular weight excluding hydrogens is 327 g/mol. The molecule has 3 nitrogen and oxygen atoms in total. The molecule has 90 valence electrons. The van der Waals surface area contributed by atoms with Crippen LogP contribution in [0.15, 0.2) is 35.4 Å². The fraction of sp³-hybridized carbons (Fsp3) is 0.385. The van der Waals surface area contributed by atoms with Crippen LogP contribution in [-0.2, 0) is 6.54 Å². The number of aromatic nitrogens is 2. The van der Waals surface area contributed by atoms with Crippen LogP contribution in [-0.4, -0.2) is 14.0 Å². The molecule has 0 aliphatic carbocycles. The van der Waals surface area contributed by atoms with Crippen LogP contribution in [0.5, 0.6) is 0 Å². The molecule has 1 aromatic carbocycles. The molecule has 0 bridgehead atoms. The highest BCUT2D eigenvalue weighted by molar-refractivity contribution is 14.1. The molecule has 0 N–H and O–H groups in total. The van der Waals surface area contributed by atoms with Crippen LogP contribution < -0.4 is 5.56 Å². The average Bonchev–Trinajstić information content (AvgIpc) is 2.37. The molecule has 0 spiro atoms. The lowest BCUT2D eigenvalue weighted by atomic mass is 10.2. The highest BCUT2D eigenvalue weighted by atomic mass is 127. The normalized spacial score (nSPS) is 10.9. The maximum Gasteiger partial charge on any atom is 0.261 e. The molecule has 2 aromatic rings. The summed E-state index contributed by atoms with van der Waals surface area (Å²) in [4.78, 5) is 16.4. The van der Waals surface area contributed by atoms with E-state index in [0.717, 1.165) is 18.5 Å². The predicted molar refractivity (Wildman–Crippen MR) is 78.7 cm³/mol. The second-order valence-corrected chi connectivity index (χ2v) is 5.09. The first-order chi connectivity index (χ1) is 8.33. The van der Waals surface area contributed by atoms with Gasteiger partial charge in [-0.25, -0.2) is 4.98 Å². The summed E-state index contributed by atoms with van der Waals surface area (Å²) in [6.45, 7) is 0.771. The number of hydrogen-bond donors (Lipinski definition) is 0. The van der Waals surface area contributed by atoms with Crippen molar-refractivity contribution in [2.45, 2.75) is 25.8 Å². The highest BCUT2D eigenvalue weighted by Crippen LogP contribution is 2.06. The first kappa shape index (κ1) is 12.5. The second-order valence-electron chi connectivity index (χ2n) is 4.01. The van der Waals surface area contributed by atoms with Gasteiger partial charge in [0.25, 0.3) is 5.56 Å². The number of rotatable bonds is 5. The van der Waals surface area contributed by atoms with E-state index in [2.05, 4.69) is 27.6 Å². The van der Waals surface area contributed by atoms with Crippen LogP contribution in [0.4, 0.5) is 0 Å². The van der Waals surface area contributed by atoms with E-state index >= 15 is 0 Å². The number of halogens is 1. The van der Waals surface area contributed by atoms with Crippen LogP contribution in [0.25, 0.3) is 10.9 Å². The summed E-state index contributed by atoms with van der Waals surface area (Å²) in [5.74, 6) is 0. The number of hydrogen-bond acceptors (Lipinski definition) is 2. The fourth-order valence-electron chi connectivity index (χ4n) is 1.82. The molecule has 0 radical (unpaired) electrons. The first-order valence-electron chi connectivity index (χ1n) is 5.83. The van der Waals surface area contributed by atoms with Crippen molar-refractivity contribution < 1.29 is 0 Å². The van der Waals surface area contributed by atoms with E-state index in [0.29, 0.717) is 5.39 Å². The molecule has 17 heavy (non-hydrogen) atoms. The zero-order chi connectivity index (χ0) is 12.1. The van der Waals surface area contributed by atoms with Gasteiger partial charge >= 0.3 is 0 Å². The number of aryl methyl sites for hydroxylation is 1. The molecule has 2 rings (SSSR count). The summed E-state index contributed by atoms with van der Waals surface area (Å²) in [7, 11) is 0. The molecular formula is C13H15IN2O. The van der Waals surface area contributed by atoms with Crippen molar-refractivity contribution >= 4 is 33.5 Å². The van der Waals surface area contributed by atoms with Crippen molar-refractivity contribution in [2.24, 2.45) is 0 Å². The Balaban J connectivity index is 2.18. The van der Waals surface area contributed by atoms with Crippen LogP contribution in [0.3, 0.4) is 0 Å². The number of nitrogens with zero attached hydrogens (tertiary/aromatic N) is 2. The minimum absolute atomic E-state index is 0.0741. The van der Waals surface area contributed by atoms with Gasteiger partial charge in [0.1, 0.15) is 0 Å². The van der Waals surface area contributed by atoms with Crippen molar-refractivity contribution in [1.29, 1.82) is 0 Å². The Labute approximate surface area is 114 Å². The summed E-state index contributed by atoms with van der Waals surface area (Å²) < 4.78 is 2.90. The molecule has 0 amide bonds. The molecule has 1 heterocycles. The summed E-state index contributed by atoms with van der Waals surface area (Å²) in [6.07, 6.45) is 5.09. The Morgan fingerprint density at radius 3 is 2.82 bits per heavy atom. The zero-order valence-corrected chi connectivity index (χ0v) is 11.8. The zero-order valence-electron chi connectivity index (χ0n) is 9.60. The van der Waals surface area contributed by atoms with Gasteiger partial charge < -0.3 is 0 Å². The van der Waals surface area contributed by atoms with E-state index in [1.165, 1.54) is 17.3 Å². The summed E-state index contributed by atoms with van der Waals surface area (Å²) in [6, 6.07) is 7.49. The molecule has 4 heteroatoms. The molecule has 1 aromatic heterocycles. The molecule has 0 saturated carbocycles. The second kappa shape index (κ2) is 6.14. The van der Waals surface area contributed by atoms with Gasteiger partial charge in [0.15, 0.2) is 0 Å². The molecule has 0 aliphatic heterocycles. The van der Waals surface area contributed by atoms with E-state index < -0.39 is 0 Å². The standard InChI is InChI=1S/C13H15IN2O/c14-8-4-1-5-9-16-10-15-12-7-3-2-6-11(12)13(16)17/h2-3,6-7,10H,1,4-5,8-9H2. The van der Waals surface area contributed by atoms with E-state index in [4.69, 9.17) is 0 Å². The van der Waals surface area contributed by atoms with Gasteiger partial charge in [0.2, 0.25) is 0 Å². The van der Waals surface area contributed by atoms with Crippen LogP contribution in [0, 0.1) is 0 Å². The Kier molecular flexibility index (Phi) is 4.53. The SMILES string of the molecule is O=c1c2ccccc2ncn1CCCCCI. The van der Waals surface area contributed by atoms with Crippen LogP contribution in [0.2, 0.25) is 0 Å². The molecule has 0 aliphatic rings. The average molecular weight is 342 g/mol. The Hall–Kier alpha value is -0.910. The lowest BCUT2D eigenvalue weighted by Crippen LogP contribution is -2.20. The van der Waals surface area contributed by atoms with Crippen molar-refractivity contribution in [3.05, 3.63) is 40.9 Å². The monoisotopic (exact) mass is 342 g/mol. The van der Waals surface area contributed by atoms with Crippen LogP contribution in [0.1, 0.15) is 19.3 Å². The summed E-state index contributed by atoms with van der Waals surface area (Å²) >= 11 is 2.38. The van der Waals surface area contributed by atoms with E-state index in [-0.39, 0.29) is 5.56 Å². The van der Waals surface area contributed by atoms with E-state index in [1.807, 2.05) is 24.3 Å². The number of benzene rings is 1. The van der Waals surface area contributed by atoms with Gasteiger partial charge in [-0.05, 0) is 29.4 Å². The molecule has 0 fully saturated rings. The smallest absolute Gasteiger partial charge is 0.261 e. The summed E-state index contributed by atoms with van der Waals surface area (Å²) in [5, 5.41) is 0.712. The molecule has 0 unspecified atom stereocenters. The third kappa shape index (κ3) is 3.06. The number of unbranched alkanes of at least 4 members (excludes halogenated alkanes) is 2. The van der Waals surface area contributed by atoms with E-state index in [9.17, 15) is 4.79 Å². The topological polar surface area (TPSA) is 34.9 Å². The number of alkyl halides is 1. The summed E-state index contributed by atoms with van der Waals surface area (Å²) in [5.41, 5.74) is 0.853. The van der Waals surface area contributed by atoms with Gasteiger partial charge in [0.05, 0.1) is 17.2 Å². The lowest BCUT2D eigenvalue weighted by molar-refractivity contribution is 0.587.